The summed E-state index contributed by atoms with van der Waals surface area (Å²) in [5.74, 6) is 0.753. The molecule has 0 saturated heterocycles. The standard InChI is InChI=1S/C23H23NO5/c1-23(2,3)29-21(25)24-15-16-8-11-19(12-9-16)27-22(26)28-20-13-10-17-6-4-5-7-18(17)14-20/h4-14H,15H2,1-3H3,(H,24,25). The first-order valence-corrected chi connectivity index (χ1v) is 9.23. The van der Waals surface area contributed by atoms with Crippen LogP contribution in [0, 0.1) is 0 Å². The fourth-order valence-electron chi connectivity index (χ4n) is 2.61. The van der Waals surface area contributed by atoms with Crippen molar-refractivity contribution in [1.82, 2.24) is 5.32 Å². The minimum absolute atomic E-state index is 0.302. The van der Waals surface area contributed by atoms with Crippen LogP contribution in [0.4, 0.5) is 9.59 Å². The Morgan fingerprint density at radius 2 is 1.45 bits per heavy atom. The minimum atomic E-state index is -0.820. The topological polar surface area (TPSA) is 73.9 Å². The maximum absolute atomic E-state index is 12.0. The second-order valence-corrected chi connectivity index (χ2v) is 7.46. The summed E-state index contributed by atoms with van der Waals surface area (Å²) >= 11 is 0. The van der Waals surface area contributed by atoms with Crippen LogP contribution < -0.4 is 14.8 Å². The molecule has 0 aliphatic rings. The predicted molar refractivity (Wildman–Crippen MR) is 110 cm³/mol. The Kier molecular flexibility index (Phi) is 6.02. The van der Waals surface area contributed by atoms with Gasteiger partial charge in [0, 0.05) is 6.54 Å². The quantitative estimate of drug-likeness (QED) is 0.472. The average Bonchev–Trinajstić information content (AvgIpc) is 2.66. The maximum atomic E-state index is 12.0. The third-order valence-corrected chi connectivity index (χ3v) is 3.88. The van der Waals surface area contributed by atoms with E-state index in [4.69, 9.17) is 14.2 Å². The number of amides is 1. The van der Waals surface area contributed by atoms with Crippen molar-refractivity contribution in [2.24, 2.45) is 0 Å². The highest BCUT2D eigenvalue weighted by atomic mass is 16.7. The number of fused-ring (bicyclic) bond motifs is 1. The number of nitrogens with one attached hydrogen (secondary N) is 1. The molecule has 3 aromatic rings. The second kappa shape index (κ2) is 8.65. The second-order valence-electron chi connectivity index (χ2n) is 7.46. The molecule has 3 aromatic carbocycles. The summed E-state index contributed by atoms with van der Waals surface area (Å²) in [6.45, 7) is 5.71. The van der Waals surface area contributed by atoms with Crippen molar-refractivity contribution in [3.8, 4) is 11.5 Å². The normalized spacial score (nSPS) is 11.0. The Morgan fingerprint density at radius 3 is 2.14 bits per heavy atom. The molecule has 0 spiro atoms. The summed E-state index contributed by atoms with van der Waals surface area (Å²) in [6, 6.07) is 19.9. The van der Waals surface area contributed by atoms with E-state index in [1.165, 1.54) is 0 Å². The van der Waals surface area contributed by atoms with Crippen molar-refractivity contribution in [2.45, 2.75) is 32.9 Å². The molecular weight excluding hydrogens is 370 g/mol. The molecule has 0 heterocycles. The third-order valence-electron chi connectivity index (χ3n) is 3.88. The van der Waals surface area contributed by atoms with Crippen LogP contribution >= 0.6 is 0 Å². The van der Waals surface area contributed by atoms with Crippen LogP contribution in [0.5, 0.6) is 11.5 Å². The van der Waals surface area contributed by atoms with Crippen LogP contribution in [0.1, 0.15) is 26.3 Å². The van der Waals surface area contributed by atoms with Crippen LogP contribution in [0.25, 0.3) is 10.8 Å². The smallest absolute Gasteiger partial charge is 0.444 e. The average molecular weight is 393 g/mol. The molecule has 3 rings (SSSR count). The molecule has 6 heteroatoms. The van der Waals surface area contributed by atoms with Crippen LogP contribution in [0.15, 0.2) is 66.7 Å². The van der Waals surface area contributed by atoms with E-state index >= 15 is 0 Å². The number of carbonyl (C=O) groups excluding carboxylic acids is 2. The van der Waals surface area contributed by atoms with Gasteiger partial charge in [0.15, 0.2) is 0 Å². The Bertz CT molecular complexity index is 1010. The van der Waals surface area contributed by atoms with Crippen molar-refractivity contribution < 1.29 is 23.8 Å². The molecule has 1 amide bonds. The van der Waals surface area contributed by atoms with Gasteiger partial charge in [0.1, 0.15) is 17.1 Å². The molecule has 150 valence electrons. The summed E-state index contributed by atoms with van der Waals surface area (Å²) in [6.07, 6.45) is -1.31. The Balaban J connectivity index is 1.52. The number of rotatable bonds is 4. The lowest BCUT2D eigenvalue weighted by atomic mass is 10.1. The molecule has 0 saturated carbocycles. The Morgan fingerprint density at radius 1 is 0.828 bits per heavy atom. The Hall–Kier alpha value is -3.54. The van der Waals surface area contributed by atoms with Gasteiger partial charge in [-0.2, -0.15) is 0 Å². The van der Waals surface area contributed by atoms with Gasteiger partial charge in [-0.3, -0.25) is 0 Å². The molecule has 29 heavy (non-hydrogen) atoms. The molecule has 0 radical (unpaired) electrons. The summed E-state index contributed by atoms with van der Waals surface area (Å²) in [7, 11) is 0. The van der Waals surface area contributed by atoms with Crippen molar-refractivity contribution >= 4 is 23.0 Å². The van der Waals surface area contributed by atoms with Gasteiger partial charge in [0.05, 0.1) is 0 Å². The van der Waals surface area contributed by atoms with E-state index in [0.29, 0.717) is 18.0 Å². The first-order chi connectivity index (χ1) is 13.8. The molecule has 0 unspecified atom stereocenters. The van der Waals surface area contributed by atoms with Gasteiger partial charge in [-0.15, -0.1) is 0 Å². The lowest BCUT2D eigenvalue weighted by Gasteiger charge is -2.19. The summed E-state index contributed by atoms with van der Waals surface area (Å²) < 4.78 is 15.6. The van der Waals surface area contributed by atoms with E-state index in [-0.39, 0.29) is 0 Å². The number of hydrogen-bond donors (Lipinski definition) is 1. The molecule has 0 bridgehead atoms. The zero-order valence-corrected chi connectivity index (χ0v) is 16.6. The fourth-order valence-corrected chi connectivity index (χ4v) is 2.61. The zero-order valence-electron chi connectivity index (χ0n) is 16.6. The summed E-state index contributed by atoms with van der Waals surface area (Å²) in [5, 5.41) is 4.70. The largest absolute Gasteiger partial charge is 0.519 e. The van der Waals surface area contributed by atoms with Gasteiger partial charge in [0.25, 0.3) is 0 Å². The molecule has 0 aromatic heterocycles. The van der Waals surface area contributed by atoms with E-state index in [9.17, 15) is 9.59 Å². The van der Waals surface area contributed by atoms with Crippen LogP contribution in [-0.2, 0) is 11.3 Å². The van der Waals surface area contributed by atoms with Crippen molar-refractivity contribution in [1.29, 1.82) is 0 Å². The van der Waals surface area contributed by atoms with Gasteiger partial charge in [-0.25, -0.2) is 9.59 Å². The van der Waals surface area contributed by atoms with E-state index in [0.717, 1.165) is 16.3 Å². The lowest BCUT2D eigenvalue weighted by molar-refractivity contribution is 0.0523. The van der Waals surface area contributed by atoms with Crippen LogP contribution in [0.3, 0.4) is 0 Å². The van der Waals surface area contributed by atoms with E-state index in [1.807, 2.05) is 30.3 Å². The fraction of sp³-hybridized carbons (Fsp3) is 0.217. The number of ether oxygens (including phenoxy) is 3. The molecule has 0 aliphatic carbocycles. The van der Waals surface area contributed by atoms with Crippen LogP contribution in [-0.4, -0.2) is 17.8 Å². The monoisotopic (exact) mass is 393 g/mol. The van der Waals surface area contributed by atoms with Gasteiger partial charge in [-0.1, -0.05) is 42.5 Å². The Labute approximate surface area is 169 Å². The highest BCUT2D eigenvalue weighted by Crippen LogP contribution is 2.21. The number of carbonyl (C=O) groups is 2. The molecule has 1 N–H and O–H groups in total. The molecule has 0 atom stereocenters. The number of benzene rings is 3. The van der Waals surface area contributed by atoms with Crippen molar-refractivity contribution in [3.05, 3.63) is 72.3 Å². The summed E-state index contributed by atoms with van der Waals surface area (Å²) in [4.78, 5) is 23.7. The summed E-state index contributed by atoms with van der Waals surface area (Å²) in [5.41, 5.74) is 0.291. The molecular formula is C23H23NO5. The van der Waals surface area contributed by atoms with Crippen LogP contribution in [0.2, 0.25) is 0 Å². The molecule has 6 nitrogen and oxygen atoms in total. The first kappa shape index (κ1) is 20.2. The van der Waals surface area contributed by atoms with E-state index < -0.39 is 17.8 Å². The SMILES string of the molecule is CC(C)(C)OC(=O)NCc1ccc(OC(=O)Oc2ccc3ccccc3c2)cc1. The minimum Gasteiger partial charge on any atom is -0.444 e. The van der Waals surface area contributed by atoms with Gasteiger partial charge >= 0.3 is 12.2 Å². The molecule has 0 fully saturated rings. The maximum Gasteiger partial charge on any atom is 0.519 e. The van der Waals surface area contributed by atoms with Crippen molar-refractivity contribution in [2.75, 3.05) is 0 Å². The van der Waals surface area contributed by atoms with E-state index in [1.54, 1.807) is 57.2 Å². The third kappa shape index (κ3) is 6.24. The number of alkyl carbamates (subject to hydrolysis) is 1. The highest BCUT2D eigenvalue weighted by Gasteiger charge is 2.15. The highest BCUT2D eigenvalue weighted by molar-refractivity contribution is 5.84. The zero-order chi connectivity index (χ0) is 20.9. The van der Waals surface area contributed by atoms with Gasteiger partial charge in [-0.05, 0) is 61.4 Å². The van der Waals surface area contributed by atoms with Gasteiger partial charge < -0.3 is 19.5 Å². The van der Waals surface area contributed by atoms with Crippen molar-refractivity contribution in [3.63, 3.8) is 0 Å². The van der Waals surface area contributed by atoms with E-state index in [2.05, 4.69) is 5.32 Å². The number of hydrogen-bond acceptors (Lipinski definition) is 5. The first-order valence-electron chi connectivity index (χ1n) is 9.23. The van der Waals surface area contributed by atoms with Gasteiger partial charge in [0.2, 0.25) is 0 Å². The predicted octanol–water partition coefficient (Wildman–Crippen LogP) is 5.44. The lowest BCUT2D eigenvalue weighted by Crippen LogP contribution is -2.32. The molecule has 0 aliphatic heterocycles.